The van der Waals surface area contributed by atoms with Gasteiger partial charge in [-0.15, -0.1) is 0 Å². The lowest BCUT2D eigenvalue weighted by molar-refractivity contribution is 0.174. The van der Waals surface area contributed by atoms with Crippen LogP contribution in [0.2, 0.25) is 0 Å². The molecule has 0 bridgehead atoms. The standard InChI is InChI=1S/C17H24N4O4S/c1-5-21-10-17(12(2)19-21)26(22,23)18-9-14(20(3)4)13-6-7-15-16(8-13)25-11-24-15/h6-8,10,14,18H,5,9,11H2,1-4H3. The first-order valence-electron chi connectivity index (χ1n) is 8.41. The fourth-order valence-electron chi connectivity index (χ4n) is 2.91. The van der Waals surface area contributed by atoms with Gasteiger partial charge in [0.2, 0.25) is 16.8 Å². The van der Waals surface area contributed by atoms with Gasteiger partial charge in [-0.1, -0.05) is 6.07 Å². The second kappa shape index (κ2) is 7.26. The fourth-order valence-corrected chi connectivity index (χ4v) is 4.13. The van der Waals surface area contributed by atoms with Crippen LogP contribution in [0.1, 0.15) is 24.2 Å². The van der Waals surface area contributed by atoms with Gasteiger partial charge in [-0.3, -0.25) is 4.68 Å². The molecule has 1 aliphatic heterocycles. The Morgan fingerprint density at radius 1 is 1.31 bits per heavy atom. The van der Waals surface area contributed by atoms with Crippen LogP contribution in [-0.2, 0) is 16.6 Å². The summed E-state index contributed by atoms with van der Waals surface area (Å²) in [6, 6.07) is 5.51. The van der Waals surface area contributed by atoms with Crippen molar-refractivity contribution in [1.29, 1.82) is 0 Å². The van der Waals surface area contributed by atoms with Crippen LogP contribution in [0.4, 0.5) is 0 Å². The van der Waals surface area contributed by atoms with E-state index in [-0.39, 0.29) is 24.3 Å². The molecule has 142 valence electrons. The van der Waals surface area contributed by atoms with E-state index in [1.54, 1.807) is 17.8 Å². The molecule has 0 spiro atoms. The van der Waals surface area contributed by atoms with Crippen LogP contribution in [0.25, 0.3) is 0 Å². The summed E-state index contributed by atoms with van der Waals surface area (Å²) < 4.78 is 40.5. The van der Waals surface area contributed by atoms with Crippen molar-refractivity contribution in [2.24, 2.45) is 0 Å². The van der Waals surface area contributed by atoms with Crippen molar-refractivity contribution in [2.75, 3.05) is 27.4 Å². The third-order valence-corrected chi connectivity index (χ3v) is 5.91. The fraction of sp³-hybridized carbons (Fsp3) is 0.471. The van der Waals surface area contributed by atoms with Crippen molar-refractivity contribution in [2.45, 2.75) is 31.3 Å². The van der Waals surface area contributed by atoms with Crippen LogP contribution in [-0.4, -0.2) is 50.5 Å². The molecule has 0 fully saturated rings. The minimum absolute atomic E-state index is 0.152. The van der Waals surface area contributed by atoms with Gasteiger partial charge in [0.25, 0.3) is 0 Å². The van der Waals surface area contributed by atoms with Gasteiger partial charge in [-0.25, -0.2) is 13.1 Å². The average molecular weight is 380 g/mol. The molecule has 0 saturated heterocycles. The SMILES string of the molecule is CCn1cc(S(=O)(=O)NCC(c2ccc3c(c2)OCO3)N(C)C)c(C)n1. The molecule has 1 aromatic heterocycles. The molecular weight excluding hydrogens is 356 g/mol. The van der Waals surface area contributed by atoms with Crippen molar-refractivity contribution in [3.63, 3.8) is 0 Å². The van der Waals surface area contributed by atoms with E-state index in [0.29, 0.717) is 23.7 Å². The van der Waals surface area contributed by atoms with Crippen molar-refractivity contribution >= 4 is 10.0 Å². The van der Waals surface area contributed by atoms with Crippen LogP contribution < -0.4 is 14.2 Å². The molecule has 1 N–H and O–H groups in total. The second-order valence-corrected chi connectivity index (χ2v) is 8.11. The van der Waals surface area contributed by atoms with E-state index in [0.717, 1.165) is 5.56 Å². The van der Waals surface area contributed by atoms with Gasteiger partial charge in [-0.05, 0) is 45.6 Å². The number of nitrogens with zero attached hydrogens (tertiary/aromatic N) is 3. The number of hydrogen-bond acceptors (Lipinski definition) is 6. The van der Waals surface area contributed by atoms with Crippen molar-refractivity contribution in [3.05, 3.63) is 35.7 Å². The lowest BCUT2D eigenvalue weighted by Gasteiger charge is -2.25. The number of rotatable bonds is 7. The minimum Gasteiger partial charge on any atom is -0.454 e. The van der Waals surface area contributed by atoms with E-state index in [1.165, 1.54) is 0 Å². The number of aryl methyl sites for hydroxylation is 2. The quantitative estimate of drug-likeness (QED) is 0.784. The Balaban J connectivity index is 1.79. The summed E-state index contributed by atoms with van der Waals surface area (Å²) in [5.41, 5.74) is 1.44. The van der Waals surface area contributed by atoms with E-state index in [2.05, 4.69) is 9.82 Å². The normalized spacial score (nSPS) is 14.8. The summed E-state index contributed by atoms with van der Waals surface area (Å²) in [4.78, 5) is 2.17. The molecule has 3 rings (SSSR count). The Bertz CT molecular complexity index is 892. The van der Waals surface area contributed by atoms with Crippen molar-refractivity contribution < 1.29 is 17.9 Å². The second-order valence-electron chi connectivity index (χ2n) is 6.38. The van der Waals surface area contributed by atoms with Crippen LogP contribution in [0.5, 0.6) is 11.5 Å². The van der Waals surface area contributed by atoms with E-state index in [9.17, 15) is 8.42 Å². The van der Waals surface area contributed by atoms with Gasteiger partial charge in [0.1, 0.15) is 4.90 Å². The lowest BCUT2D eigenvalue weighted by Crippen LogP contribution is -2.34. The largest absolute Gasteiger partial charge is 0.454 e. The number of hydrogen-bond donors (Lipinski definition) is 1. The van der Waals surface area contributed by atoms with Crippen LogP contribution in [0.15, 0.2) is 29.3 Å². The minimum atomic E-state index is -3.64. The molecule has 0 saturated carbocycles. The monoisotopic (exact) mass is 380 g/mol. The number of nitrogens with one attached hydrogen (secondary N) is 1. The molecule has 9 heteroatoms. The summed E-state index contributed by atoms with van der Waals surface area (Å²) in [7, 11) is 0.169. The molecule has 2 heterocycles. The zero-order valence-electron chi connectivity index (χ0n) is 15.4. The maximum atomic E-state index is 12.7. The predicted molar refractivity (Wildman–Crippen MR) is 96.8 cm³/mol. The molecule has 0 amide bonds. The van der Waals surface area contributed by atoms with Gasteiger partial charge < -0.3 is 14.4 Å². The molecule has 2 aromatic rings. The Morgan fingerprint density at radius 3 is 2.69 bits per heavy atom. The first kappa shape index (κ1) is 18.7. The van der Waals surface area contributed by atoms with Crippen LogP contribution >= 0.6 is 0 Å². The summed E-state index contributed by atoms with van der Waals surface area (Å²) in [5, 5.41) is 4.21. The summed E-state index contributed by atoms with van der Waals surface area (Å²) >= 11 is 0. The van der Waals surface area contributed by atoms with E-state index >= 15 is 0 Å². The number of aromatic nitrogens is 2. The third kappa shape index (κ3) is 3.69. The van der Waals surface area contributed by atoms with Gasteiger partial charge in [0.05, 0.1) is 5.69 Å². The molecule has 1 unspecified atom stereocenters. The molecule has 1 aromatic carbocycles. The highest BCUT2D eigenvalue weighted by Crippen LogP contribution is 2.35. The summed E-state index contributed by atoms with van der Waals surface area (Å²) in [6.07, 6.45) is 1.56. The lowest BCUT2D eigenvalue weighted by atomic mass is 10.1. The first-order valence-corrected chi connectivity index (χ1v) is 9.90. The van der Waals surface area contributed by atoms with Crippen LogP contribution in [0, 0.1) is 6.92 Å². The smallest absolute Gasteiger partial charge is 0.244 e. The molecule has 1 aliphatic rings. The number of likely N-dealkylation sites (N-methyl/N-ethyl adjacent to an activating group) is 1. The maximum absolute atomic E-state index is 12.7. The Labute approximate surface area is 153 Å². The van der Waals surface area contributed by atoms with Gasteiger partial charge in [-0.2, -0.15) is 5.10 Å². The Morgan fingerprint density at radius 2 is 2.04 bits per heavy atom. The number of benzene rings is 1. The number of ether oxygens (including phenoxy) is 2. The Kier molecular flexibility index (Phi) is 5.22. The predicted octanol–water partition coefficient (Wildman–Crippen LogP) is 1.52. The molecular formula is C17H24N4O4S. The van der Waals surface area contributed by atoms with Gasteiger partial charge >= 0.3 is 0 Å². The van der Waals surface area contributed by atoms with Crippen LogP contribution in [0.3, 0.4) is 0 Å². The molecule has 1 atom stereocenters. The first-order chi connectivity index (χ1) is 12.3. The average Bonchev–Trinajstić information content (AvgIpc) is 3.20. The highest BCUT2D eigenvalue weighted by Gasteiger charge is 2.24. The van der Waals surface area contributed by atoms with Gasteiger partial charge in [0, 0.05) is 25.3 Å². The molecule has 0 aliphatic carbocycles. The highest BCUT2D eigenvalue weighted by molar-refractivity contribution is 7.89. The van der Waals surface area contributed by atoms with E-state index < -0.39 is 10.0 Å². The third-order valence-electron chi connectivity index (χ3n) is 4.39. The van der Waals surface area contributed by atoms with Crippen molar-refractivity contribution in [1.82, 2.24) is 19.4 Å². The molecule has 8 nitrogen and oxygen atoms in total. The van der Waals surface area contributed by atoms with Crippen molar-refractivity contribution in [3.8, 4) is 11.5 Å². The zero-order valence-corrected chi connectivity index (χ0v) is 16.2. The maximum Gasteiger partial charge on any atom is 0.244 e. The topological polar surface area (TPSA) is 85.7 Å². The molecule has 0 radical (unpaired) electrons. The van der Waals surface area contributed by atoms with Gasteiger partial charge in [0.15, 0.2) is 11.5 Å². The van der Waals surface area contributed by atoms with E-state index in [1.807, 2.05) is 44.1 Å². The summed E-state index contributed by atoms with van der Waals surface area (Å²) in [5.74, 6) is 1.38. The highest BCUT2D eigenvalue weighted by atomic mass is 32.2. The number of fused-ring (bicyclic) bond motifs is 1. The molecule has 26 heavy (non-hydrogen) atoms. The zero-order chi connectivity index (χ0) is 18.9. The number of sulfonamides is 1. The Hall–Kier alpha value is -2.10. The van der Waals surface area contributed by atoms with E-state index in [4.69, 9.17) is 9.47 Å². The summed E-state index contributed by atoms with van der Waals surface area (Å²) in [6.45, 7) is 4.66.